The van der Waals surface area contributed by atoms with Gasteiger partial charge in [-0.25, -0.2) is 0 Å². The predicted octanol–water partition coefficient (Wildman–Crippen LogP) is 4.12. The van der Waals surface area contributed by atoms with Gasteiger partial charge in [0.25, 0.3) is 0 Å². The van der Waals surface area contributed by atoms with Crippen LogP contribution < -0.4 is 5.32 Å². The maximum Gasteiger partial charge on any atom is 0.241 e. The Morgan fingerprint density at radius 1 is 1.04 bits per heavy atom. The molecule has 1 aliphatic rings. The summed E-state index contributed by atoms with van der Waals surface area (Å²) < 4.78 is 8.84. The summed E-state index contributed by atoms with van der Waals surface area (Å²) >= 11 is 0. The molecule has 0 radical (unpaired) electrons. The monoisotopic (exact) mass is 351 g/mol. The van der Waals surface area contributed by atoms with E-state index < -0.39 is 0 Å². The van der Waals surface area contributed by atoms with Gasteiger partial charge in [0.1, 0.15) is 25.7 Å². The highest BCUT2D eigenvalue weighted by Gasteiger charge is 2.25. The zero-order valence-corrected chi connectivity index (χ0v) is 16.5. The van der Waals surface area contributed by atoms with Crippen molar-refractivity contribution in [1.82, 2.24) is 5.32 Å². The van der Waals surface area contributed by atoms with Gasteiger partial charge >= 0.3 is 0 Å². The molecule has 0 amide bonds. The minimum Gasteiger partial charge on any atom is -0.365 e. The van der Waals surface area contributed by atoms with Crippen molar-refractivity contribution in [2.24, 2.45) is 0 Å². The van der Waals surface area contributed by atoms with E-state index in [0.717, 1.165) is 19.6 Å². The first-order valence-corrected chi connectivity index (χ1v) is 9.55. The summed E-state index contributed by atoms with van der Waals surface area (Å²) in [5, 5.41) is 3.39. The van der Waals surface area contributed by atoms with Gasteiger partial charge in [0.2, 0.25) is 5.84 Å². The minimum atomic E-state index is -0.0394. The normalized spacial score (nSPS) is 15.8. The second kappa shape index (κ2) is 8.05. The van der Waals surface area contributed by atoms with Crippen LogP contribution in [0.1, 0.15) is 50.5 Å². The molecule has 2 aromatic rings. The first-order chi connectivity index (χ1) is 12.5. The van der Waals surface area contributed by atoms with E-state index in [0.29, 0.717) is 6.61 Å². The summed E-state index contributed by atoms with van der Waals surface area (Å²) in [4.78, 5) is 0. The van der Waals surface area contributed by atoms with Gasteiger partial charge in [-0.1, -0.05) is 75.4 Å². The van der Waals surface area contributed by atoms with Crippen LogP contribution in [0.25, 0.3) is 0 Å². The van der Waals surface area contributed by atoms with Gasteiger partial charge in [-0.05, 0) is 22.1 Å². The summed E-state index contributed by atoms with van der Waals surface area (Å²) in [6, 6.07) is 19.3. The zero-order valence-electron chi connectivity index (χ0n) is 16.5. The SMILES string of the molecule is CC1=[N+](CCO[C@@H](c2ccccc2)c2ccccc2C(C)(C)C)CCN1. The van der Waals surface area contributed by atoms with E-state index in [1.807, 2.05) is 0 Å². The predicted molar refractivity (Wildman–Crippen MR) is 108 cm³/mol. The van der Waals surface area contributed by atoms with E-state index in [1.54, 1.807) is 0 Å². The third-order valence-corrected chi connectivity index (χ3v) is 5.04. The molecule has 0 fully saturated rings. The molecule has 0 saturated heterocycles. The Labute approximate surface area is 157 Å². The summed E-state index contributed by atoms with van der Waals surface area (Å²) in [6.07, 6.45) is -0.0394. The number of amidine groups is 1. The third-order valence-electron chi connectivity index (χ3n) is 5.04. The molecule has 3 nitrogen and oxygen atoms in total. The highest BCUT2D eigenvalue weighted by molar-refractivity contribution is 5.75. The Hall–Kier alpha value is -2.13. The quantitative estimate of drug-likeness (QED) is 0.792. The standard InChI is InChI=1S/C23H30N2O/c1-18-24-14-15-25(18)16-17-26-22(19-10-6-5-7-11-19)20-12-8-9-13-21(20)23(2,3)4/h5-13,22H,14-17H2,1-4H3/p+1/t22-/m0/s1. The summed E-state index contributed by atoms with van der Waals surface area (Å²) in [6.45, 7) is 12.6. The zero-order chi connectivity index (χ0) is 18.6. The largest absolute Gasteiger partial charge is 0.365 e. The van der Waals surface area contributed by atoms with Crippen LogP contribution in [0.3, 0.4) is 0 Å². The molecule has 1 heterocycles. The third kappa shape index (κ3) is 4.34. The van der Waals surface area contributed by atoms with E-state index >= 15 is 0 Å². The molecule has 2 aromatic carbocycles. The molecule has 26 heavy (non-hydrogen) atoms. The van der Waals surface area contributed by atoms with Crippen LogP contribution in [0.4, 0.5) is 0 Å². The van der Waals surface area contributed by atoms with E-state index in [4.69, 9.17) is 4.74 Å². The van der Waals surface area contributed by atoms with Gasteiger partial charge in [-0.2, -0.15) is 0 Å². The number of hydrogen-bond acceptors (Lipinski definition) is 2. The molecular formula is C23H31N2O+. The molecule has 3 rings (SSSR count). The van der Waals surface area contributed by atoms with Crippen molar-refractivity contribution in [3.8, 4) is 0 Å². The lowest BCUT2D eigenvalue weighted by Gasteiger charge is -2.28. The molecule has 0 aromatic heterocycles. The second-order valence-electron chi connectivity index (χ2n) is 8.00. The summed E-state index contributed by atoms with van der Waals surface area (Å²) in [5.74, 6) is 1.25. The first-order valence-electron chi connectivity index (χ1n) is 9.55. The Morgan fingerprint density at radius 2 is 1.73 bits per heavy atom. The Morgan fingerprint density at radius 3 is 2.38 bits per heavy atom. The molecule has 1 atom stereocenters. The summed E-state index contributed by atoms with van der Waals surface area (Å²) in [5.41, 5.74) is 3.91. The van der Waals surface area contributed by atoms with Crippen molar-refractivity contribution in [2.45, 2.75) is 39.2 Å². The number of benzene rings is 2. The van der Waals surface area contributed by atoms with Crippen molar-refractivity contribution < 1.29 is 9.31 Å². The van der Waals surface area contributed by atoms with Gasteiger partial charge in [0.05, 0.1) is 6.61 Å². The average molecular weight is 352 g/mol. The van der Waals surface area contributed by atoms with Crippen LogP contribution in [0.5, 0.6) is 0 Å². The average Bonchev–Trinajstić information content (AvgIpc) is 3.04. The van der Waals surface area contributed by atoms with E-state index in [1.165, 1.54) is 22.5 Å². The van der Waals surface area contributed by atoms with Crippen molar-refractivity contribution >= 4 is 5.84 Å². The van der Waals surface area contributed by atoms with Crippen molar-refractivity contribution in [3.63, 3.8) is 0 Å². The van der Waals surface area contributed by atoms with Crippen LogP contribution in [-0.4, -0.2) is 36.7 Å². The molecule has 3 heteroatoms. The molecular weight excluding hydrogens is 320 g/mol. The number of ether oxygens (including phenoxy) is 1. The lowest BCUT2D eigenvalue weighted by molar-refractivity contribution is -0.521. The molecule has 138 valence electrons. The molecule has 0 bridgehead atoms. The Balaban J connectivity index is 1.87. The number of nitrogens with one attached hydrogen (secondary N) is 1. The lowest BCUT2D eigenvalue weighted by atomic mass is 9.81. The lowest BCUT2D eigenvalue weighted by Crippen LogP contribution is -2.24. The van der Waals surface area contributed by atoms with E-state index in [9.17, 15) is 0 Å². The van der Waals surface area contributed by atoms with Crippen LogP contribution in [0, 0.1) is 0 Å². The number of nitrogens with zero attached hydrogens (tertiary/aromatic N) is 1. The van der Waals surface area contributed by atoms with Crippen LogP contribution >= 0.6 is 0 Å². The van der Waals surface area contributed by atoms with Gasteiger partial charge in [0.15, 0.2) is 0 Å². The van der Waals surface area contributed by atoms with Gasteiger partial charge in [0, 0.05) is 6.92 Å². The van der Waals surface area contributed by atoms with Crippen molar-refractivity contribution in [2.75, 3.05) is 26.2 Å². The fourth-order valence-electron chi connectivity index (χ4n) is 3.61. The van der Waals surface area contributed by atoms with Gasteiger partial charge < -0.3 is 4.74 Å². The summed E-state index contributed by atoms with van der Waals surface area (Å²) in [7, 11) is 0. The van der Waals surface area contributed by atoms with Gasteiger partial charge in [-0.3, -0.25) is 9.89 Å². The maximum absolute atomic E-state index is 6.48. The van der Waals surface area contributed by atoms with Crippen LogP contribution in [-0.2, 0) is 10.2 Å². The smallest absolute Gasteiger partial charge is 0.241 e. The topological polar surface area (TPSA) is 24.3 Å². The second-order valence-corrected chi connectivity index (χ2v) is 8.00. The first kappa shape index (κ1) is 18.7. The van der Waals surface area contributed by atoms with Crippen molar-refractivity contribution in [3.05, 3.63) is 71.3 Å². The molecule has 1 aliphatic heterocycles. The molecule has 0 spiro atoms. The molecule has 1 N–H and O–H groups in total. The highest BCUT2D eigenvalue weighted by Crippen LogP contribution is 2.34. The molecule has 0 unspecified atom stereocenters. The highest BCUT2D eigenvalue weighted by atomic mass is 16.5. The number of rotatable bonds is 6. The fourth-order valence-corrected chi connectivity index (χ4v) is 3.61. The van der Waals surface area contributed by atoms with Crippen molar-refractivity contribution in [1.29, 1.82) is 0 Å². The van der Waals surface area contributed by atoms with Crippen LogP contribution in [0.15, 0.2) is 54.6 Å². The molecule has 0 saturated carbocycles. The maximum atomic E-state index is 6.48. The minimum absolute atomic E-state index is 0.0394. The molecule has 0 aliphatic carbocycles. The Kier molecular flexibility index (Phi) is 5.77. The Bertz CT molecular complexity index is 759. The van der Waals surface area contributed by atoms with Crippen LogP contribution in [0.2, 0.25) is 0 Å². The van der Waals surface area contributed by atoms with E-state index in [2.05, 4.69) is 92.2 Å². The van der Waals surface area contributed by atoms with E-state index in [-0.39, 0.29) is 11.5 Å². The van der Waals surface area contributed by atoms with Gasteiger partial charge in [-0.15, -0.1) is 0 Å². The number of hydrogen-bond donors (Lipinski definition) is 1. The fraction of sp³-hybridized carbons (Fsp3) is 0.435.